The number of aromatic nitrogens is 2. The van der Waals surface area contributed by atoms with Crippen molar-refractivity contribution in [3.63, 3.8) is 0 Å². The maximum atomic E-state index is 11.0. The Hall–Kier alpha value is -1.63. The molecule has 6 nitrogen and oxygen atoms in total. The molecule has 1 heterocycles. The minimum atomic E-state index is -0.592. The first-order chi connectivity index (χ1) is 9.88. The molecule has 1 aromatic heterocycles. The molecular formula is C12H9Cl3N4O2. The molecule has 0 fully saturated rings. The van der Waals surface area contributed by atoms with Gasteiger partial charge < -0.3 is 5.32 Å². The minimum Gasteiger partial charge on any atom is -0.358 e. The van der Waals surface area contributed by atoms with E-state index in [9.17, 15) is 10.1 Å². The monoisotopic (exact) mass is 346 g/mol. The van der Waals surface area contributed by atoms with Gasteiger partial charge >= 0.3 is 5.69 Å². The molecule has 0 unspecified atom stereocenters. The molecule has 0 saturated heterocycles. The molecule has 1 N–H and O–H groups in total. The van der Waals surface area contributed by atoms with E-state index in [1.54, 1.807) is 25.1 Å². The van der Waals surface area contributed by atoms with Gasteiger partial charge in [0.1, 0.15) is 6.20 Å². The average Bonchev–Trinajstić information content (AvgIpc) is 2.41. The molecule has 0 aliphatic rings. The third-order valence-electron chi connectivity index (χ3n) is 2.71. The first-order valence-electron chi connectivity index (χ1n) is 5.77. The summed E-state index contributed by atoms with van der Waals surface area (Å²) in [7, 11) is 0. The van der Waals surface area contributed by atoms with Crippen molar-refractivity contribution in [1.82, 2.24) is 9.97 Å². The molecule has 110 valence electrons. The lowest BCUT2D eigenvalue weighted by Crippen LogP contribution is -2.11. The number of benzene rings is 1. The molecule has 0 radical (unpaired) electrons. The molecular weight excluding hydrogens is 339 g/mol. The molecule has 2 aromatic rings. The van der Waals surface area contributed by atoms with Crippen LogP contribution in [-0.2, 0) is 0 Å². The van der Waals surface area contributed by atoms with Gasteiger partial charge in [0.25, 0.3) is 0 Å². The van der Waals surface area contributed by atoms with E-state index < -0.39 is 4.92 Å². The zero-order valence-electron chi connectivity index (χ0n) is 10.7. The van der Waals surface area contributed by atoms with Gasteiger partial charge in [0.15, 0.2) is 0 Å². The van der Waals surface area contributed by atoms with E-state index in [1.807, 2.05) is 0 Å². The Bertz CT molecular complexity index is 696. The van der Waals surface area contributed by atoms with Crippen molar-refractivity contribution in [2.24, 2.45) is 0 Å². The van der Waals surface area contributed by atoms with Gasteiger partial charge in [0, 0.05) is 10.0 Å². The largest absolute Gasteiger partial charge is 0.358 e. The summed E-state index contributed by atoms with van der Waals surface area (Å²) in [6.07, 6.45) is 1.05. The van der Waals surface area contributed by atoms with Crippen LogP contribution in [0.1, 0.15) is 18.5 Å². The number of halogens is 3. The number of nitro groups is 1. The van der Waals surface area contributed by atoms with Crippen LogP contribution in [0.5, 0.6) is 0 Å². The zero-order chi connectivity index (χ0) is 15.6. The number of hydrogen-bond donors (Lipinski definition) is 1. The molecule has 0 aliphatic carbocycles. The third kappa shape index (κ3) is 3.72. The number of nitrogens with zero attached hydrogens (tertiary/aromatic N) is 3. The van der Waals surface area contributed by atoms with Crippen molar-refractivity contribution in [3.8, 4) is 0 Å². The van der Waals surface area contributed by atoms with Crippen molar-refractivity contribution in [3.05, 3.63) is 55.4 Å². The molecule has 0 saturated carbocycles. The van der Waals surface area contributed by atoms with Crippen molar-refractivity contribution < 1.29 is 4.92 Å². The fourth-order valence-electron chi connectivity index (χ4n) is 1.72. The average molecular weight is 348 g/mol. The number of hydrogen-bond acceptors (Lipinski definition) is 5. The lowest BCUT2D eigenvalue weighted by molar-refractivity contribution is -0.384. The van der Waals surface area contributed by atoms with Gasteiger partial charge in [0.2, 0.25) is 11.1 Å². The van der Waals surface area contributed by atoms with Crippen molar-refractivity contribution in [1.29, 1.82) is 0 Å². The first-order valence-corrected chi connectivity index (χ1v) is 6.90. The van der Waals surface area contributed by atoms with Gasteiger partial charge in [-0.15, -0.1) is 0 Å². The third-order valence-corrected chi connectivity index (χ3v) is 3.48. The second-order valence-electron chi connectivity index (χ2n) is 4.16. The van der Waals surface area contributed by atoms with Crippen LogP contribution < -0.4 is 5.32 Å². The van der Waals surface area contributed by atoms with Crippen molar-refractivity contribution >= 4 is 46.3 Å². The van der Waals surface area contributed by atoms with E-state index in [-0.39, 0.29) is 22.8 Å². The number of rotatable bonds is 4. The van der Waals surface area contributed by atoms with Crippen LogP contribution in [0.2, 0.25) is 15.3 Å². The highest BCUT2D eigenvalue weighted by atomic mass is 35.5. The molecule has 21 heavy (non-hydrogen) atoms. The standard InChI is InChI=1S/C12H9Cl3N4O2/c1-6(8-4-7(13)2-3-9(8)14)17-11-10(19(20)21)5-16-12(15)18-11/h2-6H,1H3,(H,16,17,18)/t6-/m1/s1. The second-order valence-corrected chi connectivity index (χ2v) is 5.34. The summed E-state index contributed by atoms with van der Waals surface area (Å²) in [6, 6.07) is 4.62. The Morgan fingerprint density at radius 1 is 1.33 bits per heavy atom. The Morgan fingerprint density at radius 3 is 2.71 bits per heavy atom. The van der Waals surface area contributed by atoms with Crippen LogP contribution in [-0.4, -0.2) is 14.9 Å². The van der Waals surface area contributed by atoms with Crippen molar-refractivity contribution in [2.45, 2.75) is 13.0 Å². The summed E-state index contributed by atoms with van der Waals surface area (Å²) in [4.78, 5) is 17.8. The quantitative estimate of drug-likeness (QED) is 0.499. The highest BCUT2D eigenvalue weighted by Crippen LogP contribution is 2.31. The van der Waals surface area contributed by atoms with Crippen LogP contribution in [0.4, 0.5) is 11.5 Å². The molecule has 0 aliphatic heterocycles. The Labute approximate surface area is 135 Å². The smallest absolute Gasteiger partial charge is 0.329 e. The molecule has 0 bridgehead atoms. The van der Waals surface area contributed by atoms with E-state index in [4.69, 9.17) is 34.8 Å². The lowest BCUT2D eigenvalue weighted by atomic mass is 10.1. The maximum Gasteiger partial charge on any atom is 0.329 e. The van der Waals surface area contributed by atoms with E-state index >= 15 is 0 Å². The number of nitrogens with one attached hydrogen (secondary N) is 1. The van der Waals surface area contributed by atoms with Gasteiger partial charge in [-0.25, -0.2) is 4.98 Å². The first kappa shape index (κ1) is 15.8. The summed E-state index contributed by atoms with van der Waals surface area (Å²) < 4.78 is 0. The van der Waals surface area contributed by atoms with Crippen LogP contribution in [0.3, 0.4) is 0 Å². The number of anilines is 1. The summed E-state index contributed by atoms with van der Waals surface area (Å²) in [5.41, 5.74) is 0.414. The normalized spacial score (nSPS) is 12.0. The van der Waals surface area contributed by atoms with E-state index in [2.05, 4.69) is 15.3 Å². The van der Waals surface area contributed by atoms with Crippen LogP contribution >= 0.6 is 34.8 Å². The van der Waals surface area contributed by atoms with Gasteiger partial charge in [0.05, 0.1) is 11.0 Å². The predicted octanol–water partition coefficient (Wildman–Crippen LogP) is 4.52. The topological polar surface area (TPSA) is 81.0 Å². The Balaban J connectivity index is 2.35. The van der Waals surface area contributed by atoms with E-state index in [0.717, 1.165) is 6.20 Å². The summed E-state index contributed by atoms with van der Waals surface area (Å²) in [5.74, 6) is 0.0172. The molecule has 2 rings (SSSR count). The summed E-state index contributed by atoms with van der Waals surface area (Å²) >= 11 is 17.7. The summed E-state index contributed by atoms with van der Waals surface area (Å²) in [5, 5.41) is 14.8. The zero-order valence-corrected chi connectivity index (χ0v) is 12.9. The fraction of sp³-hybridized carbons (Fsp3) is 0.167. The van der Waals surface area contributed by atoms with E-state index in [1.165, 1.54) is 0 Å². The highest BCUT2D eigenvalue weighted by Gasteiger charge is 2.20. The molecule has 1 atom stereocenters. The van der Waals surface area contributed by atoms with Crippen molar-refractivity contribution in [2.75, 3.05) is 5.32 Å². The van der Waals surface area contributed by atoms with Gasteiger partial charge in [-0.05, 0) is 42.3 Å². The van der Waals surface area contributed by atoms with Gasteiger partial charge in [-0.2, -0.15) is 4.98 Å². The molecule has 1 aromatic carbocycles. The van der Waals surface area contributed by atoms with Gasteiger partial charge in [-0.3, -0.25) is 10.1 Å². The minimum absolute atomic E-state index is 0.0172. The second kappa shape index (κ2) is 6.43. The van der Waals surface area contributed by atoms with E-state index in [0.29, 0.717) is 15.6 Å². The Kier molecular flexibility index (Phi) is 4.82. The predicted molar refractivity (Wildman–Crippen MR) is 82.2 cm³/mol. The molecule has 9 heteroatoms. The summed E-state index contributed by atoms with van der Waals surface area (Å²) in [6.45, 7) is 1.78. The van der Waals surface area contributed by atoms with Crippen LogP contribution in [0.25, 0.3) is 0 Å². The van der Waals surface area contributed by atoms with Gasteiger partial charge in [-0.1, -0.05) is 23.2 Å². The van der Waals surface area contributed by atoms with Crippen LogP contribution in [0.15, 0.2) is 24.4 Å². The Morgan fingerprint density at radius 2 is 2.05 bits per heavy atom. The van der Waals surface area contributed by atoms with Crippen LogP contribution in [0, 0.1) is 10.1 Å². The molecule has 0 spiro atoms. The molecule has 0 amide bonds. The SMILES string of the molecule is C[C@@H](Nc1nc(Cl)ncc1[N+](=O)[O-])c1cc(Cl)ccc1Cl. The maximum absolute atomic E-state index is 11.0. The highest BCUT2D eigenvalue weighted by molar-refractivity contribution is 6.33. The fourth-order valence-corrected chi connectivity index (χ4v) is 2.32. The lowest BCUT2D eigenvalue weighted by Gasteiger charge is -2.16.